The van der Waals surface area contributed by atoms with Crippen molar-refractivity contribution >= 4 is 17.6 Å². The smallest absolute Gasteiger partial charge is 0.381 e. The second-order valence-corrected chi connectivity index (χ2v) is 12.1. The van der Waals surface area contributed by atoms with E-state index in [2.05, 4.69) is 20.8 Å². The van der Waals surface area contributed by atoms with Gasteiger partial charge in [-0.05, 0) is 57.9 Å². The first-order chi connectivity index (χ1) is 21.8. The molecule has 6 rings (SSSR count). The maximum absolute atomic E-state index is 13.9. The largest absolute Gasteiger partial charge is 0.393 e. The third kappa shape index (κ3) is 7.99. The van der Waals surface area contributed by atoms with Gasteiger partial charge < -0.3 is 15.4 Å². The van der Waals surface area contributed by atoms with E-state index in [1.807, 2.05) is 13.8 Å². The Labute approximate surface area is 262 Å². The number of nitrogens with zero attached hydrogens (tertiary/aromatic N) is 6. The Kier molecular flexibility index (Phi) is 10.2. The lowest BCUT2D eigenvalue weighted by Gasteiger charge is -2.33. The van der Waals surface area contributed by atoms with Crippen molar-refractivity contribution in [2.45, 2.75) is 95.8 Å². The summed E-state index contributed by atoms with van der Waals surface area (Å²) in [5.74, 6) is -4.05. The zero-order chi connectivity index (χ0) is 33.1. The molecule has 2 unspecified atom stereocenters. The number of rotatable bonds is 6. The number of ether oxygens (including phenoxy) is 1. The molecular weight excluding hydrogens is 615 g/mol. The fraction of sp³-hybridized carbons (Fsp3) is 0.667. The summed E-state index contributed by atoms with van der Waals surface area (Å²) in [5, 5.41) is 14.1. The summed E-state index contributed by atoms with van der Waals surface area (Å²) in [6, 6.07) is 1.12. The number of hydrogen-bond acceptors (Lipinski definition) is 7. The lowest BCUT2D eigenvalue weighted by atomic mass is 9.81. The van der Waals surface area contributed by atoms with Gasteiger partial charge in [-0.15, -0.1) is 0 Å². The highest BCUT2D eigenvalue weighted by Gasteiger charge is 2.41. The fourth-order valence-electron chi connectivity index (χ4n) is 6.27. The number of imidazole rings is 1. The quantitative estimate of drug-likeness (QED) is 0.362. The van der Waals surface area contributed by atoms with Crippen LogP contribution in [0.1, 0.15) is 97.8 Å². The summed E-state index contributed by atoms with van der Waals surface area (Å²) in [6.45, 7) is 5.53. The molecule has 1 aliphatic carbocycles. The van der Waals surface area contributed by atoms with Gasteiger partial charge in [-0.1, -0.05) is 0 Å². The summed E-state index contributed by atoms with van der Waals surface area (Å²) in [6.07, 6.45) is 1.07. The third-order valence-electron chi connectivity index (χ3n) is 8.96. The van der Waals surface area contributed by atoms with Gasteiger partial charge in [0.05, 0.1) is 35.2 Å². The van der Waals surface area contributed by atoms with Crippen molar-refractivity contribution < 1.29 is 36.3 Å². The van der Waals surface area contributed by atoms with Crippen molar-refractivity contribution in [3.8, 4) is 0 Å². The number of alkyl halides is 5. The molecule has 2 N–H and O–H groups in total. The highest BCUT2D eigenvalue weighted by Crippen LogP contribution is 2.41. The van der Waals surface area contributed by atoms with Crippen LogP contribution in [-0.2, 0) is 16.1 Å². The van der Waals surface area contributed by atoms with Gasteiger partial charge in [-0.3, -0.25) is 14.3 Å². The predicted molar refractivity (Wildman–Crippen MR) is 155 cm³/mol. The summed E-state index contributed by atoms with van der Waals surface area (Å²) in [5.41, 5.74) is 2.76. The standard InChI is InChI=1S/C24H31F2N7O2.C6H8F3NO/c1-3-32-19(6-11-27-32)22(34)29-21(16-4-9-24(25,26)10-5-16)18-14-33-23(28-18)30-20(15(2)31-33)17-7-12-35-13-8-17;7-6(8,9)4-1-2-5(11)10-3-4/h6,11,14,16-17,21H,3-5,7-10,12-13H2,1-2H3,(H,29,34);4H,1-3H2,(H,10,11). The molecule has 3 aromatic rings. The van der Waals surface area contributed by atoms with Gasteiger partial charge in [0, 0.05) is 57.7 Å². The van der Waals surface area contributed by atoms with E-state index in [0.717, 1.165) is 24.2 Å². The molecule has 16 heteroatoms. The van der Waals surface area contributed by atoms with E-state index in [1.54, 1.807) is 27.7 Å². The molecule has 3 aliphatic rings. The van der Waals surface area contributed by atoms with Crippen LogP contribution in [0.3, 0.4) is 0 Å². The van der Waals surface area contributed by atoms with Gasteiger partial charge in [0.1, 0.15) is 5.69 Å². The summed E-state index contributed by atoms with van der Waals surface area (Å²) in [4.78, 5) is 33.2. The van der Waals surface area contributed by atoms with E-state index in [1.165, 1.54) is 0 Å². The van der Waals surface area contributed by atoms with Gasteiger partial charge in [0.25, 0.3) is 11.7 Å². The fourth-order valence-corrected chi connectivity index (χ4v) is 6.27. The Morgan fingerprint density at radius 1 is 1.15 bits per heavy atom. The van der Waals surface area contributed by atoms with Crippen LogP contribution < -0.4 is 10.6 Å². The van der Waals surface area contributed by atoms with Gasteiger partial charge in [-0.2, -0.15) is 23.4 Å². The summed E-state index contributed by atoms with van der Waals surface area (Å²) in [7, 11) is 0. The maximum atomic E-state index is 13.9. The molecule has 46 heavy (non-hydrogen) atoms. The van der Waals surface area contributed by atoms with Crippen LogP contribution in [0, 0.1) is 18.8 Å². The molecule has 0 bridgehead atoms. The first-order valence-electron chi connectivity index (χ1n) is 15.7. The van der Waals surface area contributed by atoms with Crippen LogP contribution in [0.25, 0.3) is 5.78 Å². The lowest BCUT2D eigenvalue weighted by molar-refractivity contribution is -0.179. The molecule has 11 nitrogen and oxygen atoms in total. The summed E-state index contributed by atoms with van der Waals surface area (Å²) < 4.78 is 72.3. The third-order valence-corrected chi connectivity index (χ3v) is 8.96. The molecule has 5 heterocycles. The number of carbonyl (C=O) groups excluding carboxylic acids is 2. The highest BCUT2D eigenvalue weighted by atomic mass is 19.4. The number of fused-ring (bicyclic) bond motifs is 1. The highest BCUT2D eigenvalue weighted by molar-refractivity contribution is 5.92. The minimum absolute atomic E-state index is 0.00975. The Morgan fingerprint density at radius 3 is 2.50 bits per heavy atom. The number of amides is 2. The Hall–Kier alpha value is -3.69. The van der Waals surface area contributed by atoms with Crippen LogP contribution >= 0.6 is 0 Å². The predicted octanol–water partition coefficient (Wildman–Crippen LogP) is 4.91. The van der Waals surface area contributed by atoms with Crippen molar-refractivity contribution in [3.63, 3.8) is 0 Å². The molecule has 2 amide bonds. The monoisotopic (exact) mass is 654 g/mol. The van der Waals surface area contributed by atoms with E-state index in [0.29, 0.717) is 49.8 Å². The number of nitrogens with one attached hydrogen (secondary N) is 2. The van der Waals surface area contributed by atoms with Crippen LogP contribution in [0.15, 0.2) is 18.5 Å². The van der Waals surface area contributed by atoms with Crippen molar-refractivity contribution in [2.75, 3.05) is 19.8 Å². The lowest BCUT2D eigenvalue weighted by Crippen LogP contribution is -2.41. The van der Waals surface area contributed by atoms with Crippen LogP contribution in [0.2, 0.25) is 0 Å². The number of halogens is 5. The molecule has 0 aromatic carbocycles. The van der Waals surface area contributed by atoms with E-state index in [-0.39, 0.29) is 55.9 Å². The number of hydrogen-bond donors (Lipinski definition) is 2. The van der Waals surface area contributed by atoms with Gasteiger partial charge in [0.2, 0.25) is 11.8 Å². The van der Waals surface area contributed by atoms with Crippen LogP contribution in [0.5, 0.6) is 0 Å². The van der Waals surface area contributed by atoms with Crippen LogP contribution in [0.4, 0.5) is 22.0 Å². The van der Waals surface area contributed by atoms with Crippen molar-refractivity contribution in [2.24, 2.45) is 11.8 Å². The SMILES string of the molecule is CCn1nccc1C(=O)NC(c1cn2nc(C)c(C3CCOCC3)nc2n1)C1CCC(F)(F)CC1.O=C1CCC(C(F)(F)F)CN1. The van der Waals surface area contributed by atoms with E-state index in [4.69, 9.17) is 14.7 Å². The molecule has 0 spiro atoms. The van der Waals surface area contributed by atoms with E-state index in [9.17, 15) is 31.5 Å². The van der Waals surface area contributed by atoms with Crippen molar-refractivity contribution in [1.82, 2.24) is 40.0 Å². The topological polar surface area (TPSA) is 128 Å². The molecule has 2 saturated heterocycles. The number of aryl methyl sites for hydroxylation is 2. The average molecular weight is 655 g/mol. The molecule has 2 aliphatic heterocycles. The second kappa shape index (κ2) is 14.0. The Balaban J connectivity index is 0.000000322. The van der Waals surface area contributed by atoms with Gasteiger partial charge >= 0.3 is 6.18 Å². The van der Waals surface area contributed by atoms with Crippen LogP contribution in [-0.4, -0.2) is 73.0 Å². The molecule has 2 atom stereocenters. The Morgan fingerprint density at radius 2 is 1.87 bits per heavy atom. The second-order valence-electron chi connectivity index (χ2n) is 12.1. The first kappa shape index (κ1) is 33.7. The van der Waals surface area contributed by atoms with E-state index >= 15 is 0 Å². The maximum Gasteiger partial charge on any atom is 0.393 e. The van der Waals surface area contributed by atoms with Gasteiger partial charge in [-0.25, -0.2) is 23.3 Å². The molecule has 3 aromatic heterocycles. The minimum atomic E-state index is -4.16. The Bertz CT molecular complexity index is 1500. The molecule has 1 saturated carbocycles. The zero-order valence-electron chi connectivity index (χ0n) is 25.8. The molecule has 252 valence electrons. The van der Waals surface area contributed by atoms with Crippen molar-refractivity contribution in [3.05, 3.63) is 41.2 Å². The first-order valence-corrected chi connectivity index (χ1v) is 15.7. The van der Waals surface area contributed by atoms with E-state index < -0.39 is 24.1 Å². The molecular formula is C30H39F5N8O3. The van der Waals surface area contributed by atoms with Gasteiger partial charge in [0.15, 0.2) is 0 Å². The van der Waals surface area contributed by atoms with Crippen molar-refractivity contribution in [1.29, 1.82) is 0 Å². The number of piperidine rings is 1. The zero-order valence-corrected chi connectivity index (χ0v) is 25.8. The average Bonchev–Trinajstić information content (AvgIpc) is 3.67. The minimum Gasteiger partial charge on any atom is -0.381 e. The number of aromatic nitrogens is 6. The normalized spacial score (nSPS) is 21.7. The number of carbonyl (C=O) groups is 2. The molecule has 0 radical (unpaired) electrons. The summed E-state index contributed by atoms with van der Waals surface area (Å²) >= 11 is 0. The molecule has 3 fully saturated rings.